The molecule has 1 aliphatic rings. The Balaban J connectivity index is 2.39. The lowest BCUT2D eigenvalue weighted by Crippen LogP contribution is -2.25. The van der Waals surface area contributed by atoms with Gasteiger partial charge in [-0.25, -0.2) is 0 Å². The van der Waals surface area contributed by atoms with Gasteiger partial charge in [-0.2, -0.15) is 8.42 Å². The third-order valence-electron chi connectivity index (χ3n) is 2.09. The summed E-state index contributed by atoms with van der Waals surface area (Å²) in [4.78, 5) is 5.13. The molecule has 0 spiro atoms. The minimum Gasteiger partial charge on any atom is -0.373 e. The molecule has 2 rings (SSSR count). The Bertz CT molecular complexity index is 546. The van der Waals surface area contributed by atoms with Crippen molar-refractivity contribution in [2.24, 2.45) is 0 Å². The fraction of sp³-hybridized carbons (Fsp3) is 0.0909. The van der Waals surface area contributed by atoms with Gasteiger partial charge in [0.15, 0.2) is 0 Å². The van der Waals surface area contributed by atoms with Gasteiger partial charge in [0.05, 0.1) is 11.1 Å². The van der Waals surface area contributed by atoms with Crippen LogP contribution in [0.2, 0.25) is 0 Å². The van der Waals surface area contributed by atoms with Gasteiger partial charge >= 0.3 is 0 Å². The van der Waals surface area contributed by atoms with Crippen molar-refractivity contribution in [2.75, 3.05) is 0 Å². The van der Waals surface area contributed by atoms with E-state index >= 15 is 0 Å². The number of sulfonamides is 1. The molecule has 0 aliphatic carbocycles. The number of benzene rings is 1. The van der Waals surface area contributed by atoms with Crippen LogP contribution in [0.3, 0.4) is 0 Å². The van der Waals surface area contributed by atoms with Crippen molar-refractivity contribution in [3.05, 3.63) is 54.4 Å². The lowest BCUT2D eigenvalue weighted by molar-refractivity contribution is 0.0279. The van der Waals surface area contributed by atoms with E-state index in [1.54, 1.807) is 24.3 Å². The third kappa shape index (κ3) is 1.94. The number of nitrogens with zero attached hydrogens (tertiary/aromatic N) is 1. The van der Waals surface area contributed by atoms with E-state index in [1.807, 2.05) is 13.0 Å². The molecule has 1 aromatic rings. The first-order valence-corrected chi connectivity index (χ1v) is 6.16. The molecule has 0 amide bonds. The van der Waals surface area contributed by atoms with Gasteiger partial charge in [-0.05, 0) is 36.8 Å². The summed E-state index contributed by atoms with van der Waals surface area (Å²) < 4.78 is 24.9. The molecular formula is C11H11NO3S. The highest BCUT2D eigenvalue weighted by Gasteiger charge is 2.23. The fourth-order valence-electron chi connectivity index (χ4n) is 1.31. The summed E-state index contributed by atoms with van der Waals surface area (Å²) in [6, 6.07) is 6.68. The number of hydrogen-bond acceptors (Lipinski definition) is 3. The summed E-state index contributed by atoms with van der Waals surface area (Å²) in [7, 11) is -3.61. The molecule has 0 aromatic heterocycles. The number of allylic oxidation sites excluding steroid dienone is 2. The van der Waals surface area contributed by atoms with Crippen molar-refractivity contribution in [3.8, 4) is 0 Å². The predicted molar refractivity (Wildman–Crippen MR) is 59.6 cm³/mol. The molecule has 0 atom stereocenters. The van der Waals surface area contributed by atoms with E-state index < -0.39 is 10.0 Å². The highest BCUT2D eigenvalue weighted by atomic mass is 32.2. The number of rotatable bonds is 2. The molecule has 4 nitrogen and oxygen atoms in total. The summed E-state index contributed by atoms with van der Waals surface area (Å²) >= 11 is 0. The predicted octanol–water partition coefficient (Wildman–Crippen LogP) is 1.96. The molecule has 0 saturated heterocycles. The molecular weight excluding hydrogens is 226 g/mol. The zero-order valence-electron chi connectivity index (χ0n) is 8.70. The molecule has 1 aliphatic heterocycles. The summed E-state index contributed by atoms with van der Waals surface area (Å²) in [6.45, 7) is 1.84. The zero-order chi connectivity index (χ0) is 11.6. The topological polar surface area (TPSA) is 46.6 Å². The van der Waals surface area contributed by atoms with Crippen LogP contribution in [0.15, 0.2) is 53.8 Å². The smallest absolute Gasteiger partial charge is 0.294 e. The Hall–Kier alpha value is -1.75. The second kappa shape index (κ2) is 4.02. The minimum absolute atomic E-state index is 0.215. The van der Waals surface area contributed by atoms with Crippen LogP contribution in [0.25, 0.3) is 0 Å². The van der Waals surface area contributed by atoms with E-state index in [-0.39, 0.29) is 4.90 Å². The molecule has 16 heavy (non-hydrogen) atoms. The van der Waals surface area contributed by atoms with Crippen LogP contribution in [0.5, 0.6) is 0 Å². The zero-order valence-corrected chi connectivity index (χ0v) is 9.52. The Morgan fingerprint density at radius 1 is 1.25 bits per heavy atom. The van der Waals surface area contributed by atoms with Crippen molar-refractivity contribution < 1.29 is 13.3 Å². The first-order chi connectivity index (χ1) is 7.60. The van der Waals surface area contributed by atoms with Gasteiger partial charge < -0.3 is 4.84 Å². The van der Waals surface area contributed by atoms with Crippen molar-refractivity contribution in [1.82, 2.24) is 4.47 Å². The maximum atomic E-state index is 12.1. The molecule has 1 aromatic carbocycles. The van der Waals surface area contributed by atoms with Gasteiger partial charge in [-0.15, -0.1) is 4.47 Å². The highest BCUT2D eigenvalue weighted by Crippen LogP contribution is 2.19. The Morgan fingerprint density at radius 3 is 2.69 bits per heavy atom. The summed E-state index contributed by atoms with van der Waals surface area (Å²) in [5, 5.41) is 0. The molecule has 1 heterocycles. The molecule has 0 radical (unpaired) electrons. The number of hydrogen-bond donors (Lipinski definition) is 0. The van der Waals surface area contributed by atoms with Gasteiger partial charge in [0.2, 0.25) is 0 Å². The van der Waals surface area contributed by atoms with Crippen molar-refractivity contribution in [1.29, 1.82) is 0 Å². The van der Waals surface area contributed by atoms with Crippen molar-refractivity contribution in [3.63, 3.8) is 0 Å². The highest BCUT2D eigenvalue weighted by molar-refractivity contribution is 7.89. The lowest BCUT2D eigenvalue weighted by atomic mass is 10.2. The standard InChI is InChI=1S/C11H11NO3S/c1-10-5-4-6-11(9-10)16(13,14)12-7-2-3-8-15-12/h2-9H,1H3. The first kappa shape index (κ1) is 10.8. The molecule has 5 heteroatoms. The summed E-state index contributed by atoms with van der Waals surface area (Å²) in [5.74, 6) is 0. The van der Waals surface area contributed by atoms with Crippen LogP contribution in [0.1, 0.15) is 5.56 Å². The average molecular weight is 237 g/mol. The van der Waals surface area contributed by atoms with Gasteiger partial charge in [0, 0.05) is 0 Å². The normalized spacial score (nSPS) is 14.9. The maximum Gasteiger partial charge on any atom is 0.294 e. The molecule has 0 fully saturated rings. The number of hydroxylamine groups is 1. The van der Waals surface area contributed by atoms with E-state index in [0.29, 0.717) is 0 Å². The van der Waals surface area contributed by atoms with Gasteiger partial charge in [0.1, 0.15) is 6.26 Å². The summed E-state index contributed by atoms with van der Waals surface area (Å²) in [6.07, 6.45) is 5.88. The average Bonchev–Trinajstić information content (AvgIpc) is 2.30. The van der Waals surface area contributed by atoms with Gasteiger partial charge in [0.25, 0.3) is 10.0 Å². The van der Waals surface area contributed by atoms with E-state index in [2.05, 4.69) is 0 Å². The van der Waals surface area contributed by atoms with E-state index in [4.69, 9.17) is 4.84 Å². The largest absolute Gasteiger partial charge is 0.373 e. The summed E-state index contributed by atoms with van der Waals surface area (Å²) in [5.41, 5.74) is 0.887. The Labute approximate surface area is 94.5 Å². The third-order valence-corrected chi connectivity index (χ3v) is 3.62. The second-order valence-electron chi connectivity index (χ2n) is 3.35. The van der Waals surface area contributed by atoms with Crippen LogP contribution in [-0.4, -0.2) is 12.9 Å². The van der Waals surface area contributed by atoms with Crippen molar-refractivity contribution >= 4 is 10.0 Å². The van der Waals surface area contributed by atoms with Crippen LogP contribution in [0.4, 0.5) is 0 Å². The van der Waals surface area contributed by atoms with E-state index in [0.717, 1.165) is 10.0 Å². The molecule has 0 bridgehead atoms. The first-order valence-electron chi connectivity index (χ1n) is 4.72. The van der Waals surface area contributed by atoms with Crippen LogP contribution >= 0.6 is 0 Å². The SMILES string of the molecule is Cc1cccc(S(=O)(=O)N2C=CC=CO2)c1. The maximum absolute atomic E-state index is 12.1. The fourth-order valence-corrected chi connectivity index (χ4v) is 2.50. The van der Waals surface area contributed by atoms with Crippen LogP contribution in [0, 0.1) is 6.92 Å². The van der Waals surface area contributed by atoms with Gasteiger partial charge in [-0.3, -0.25) is 0 Å². The molecule has 84 valence electrons. The molecule has 0 N–H and O–H groups in total. The lowest BCUT2D eigenvalue weighted by Gasteiger charge is -2.19. The van der Waals surface area contributed by atoms with Crippen molar-refractivity contribution in [2.45, 2.75) is 11.8 Å². The number of aryl methyl sites for hydroxylation is 1. The minimum atomic E-state index is -3.61. The van der Waals surface area contributed by atoms with Gasteiger partial charge in [-0.1, -0.05) is 12.1 Å². The monoisotopic (exact) mass is 237 g/mol. The Morgan fingerprint density at radius 2 is 2.06 bits per heavy atom. The quantitative estimate of drug-likeness (QED) is 0.790. The van der Waals surface area contributed by atoms with Crippen LogP contribution < -0.4 is 0 Å². The molecule has 0 saturated carbocycles. The van der Waals surface area contributed by atoms with E-state index in [9.17, 15) is 8.42 Å². The Kier molecular flexibility index (Phi) is 2.70. The second-order valence-corrected chi connectivity index (χ2v) is 5.13. The molecule has 0 unspecified atom stereocenters. The van der Waals surface area contributed by atoms with Crippen LogP contribution in [-0.2, 0) is 14.9 Å². The van der Waals surface area contributed by atoms with E-state index in [1.165, 1.54) is 18.5 Å².